The average molecular weight is 399 g/mol. The number of nitro groups is 1. The quantitative estimate of drug-likeness (QED) is 0.565. The second-order valence-corrected chi connectivity index (χ2v) is 7.05. The molecule has 2 fully saturated rings. The van der Waals surface area contributed by atoms with Gasteiger partial charge in [-0.1, -0.05) is 0 Å². The van der Waals surface area contributed by atoms with E-state index in [-0.39, 0.29) is 29.2 Å². The zero-order valence-corrected chi connectivity index (χ0v) is 15.8. The standard InChI is InChI=1S/C19H21N5O5/c25-18(21-7-9-22(10-8-21)19(26)17-2-1-11-29-17)14-3-4-15(16(12-14)24(27)28)23-6-5-20-13-23/h3-6,12-13,17H,1-2,7-11H2. The van der Waals surface area contributed by atoms with Crippen LogP contribution in [0.3, 0.4) is 0 Å². The summed E-state index contributed by atoms with van der Waals surface area (Å²) >= 11 is 0. The molecule has 29 heavy (non-hydrogen) atoms. The predicted molar refractivity (Wildman–Crippen MR) is 102 cm³/mol. The molecule has 2 aliphatic heterocycles. The van der Waals surface area contributed by atoms with Gasteiger partial charge in [-0.3, -0.25) is 19.7 Å². The van der Waals surface area contributed by atoms with Crippen LogP contribution in [0, 0.1) is 10.1 Å². The molecule has 0 bridgehead atoms. The Balaban J connectivity index is 1.45. The average Bonchev–Trinajstić information content (AvgIpc) is 3.46. The molecule has 10 heteroatoms. The van der Waals surface area contributed by atoms with Gasteiger partial charge in [-0.2, -0.15) is 0 Å². The van der Waals surface area contributed by atoms with Crippen LogP contribution in [-0.4, -0.2) is 75.0 Å². The van der Waals surface area contributed by atoms with E-state index in [9.17, 15) is 19.7 Å². The van der Waals surface area contributed by atoms with E-state index in [4.69, 9.17) is 4.74 Å². The van der Waals surface area contributed by atoms with Crippen LogP contribution in [0.15, 0.2) is 36.9 Å². The van der Waals surface area contributed by atoms with Crippen molar-refractivity contribution in [3.63, 3.8) is 0 Å². The van der Waals surface area contributed by atoms with E-state index < -0.39 is 4.92 Å². The molecule has 152 valence electrons. The van der Waals surface area contributed by atoms with Crippen LogP contribution in [0.5, 0.6) is 0 Å². The van der Waals surface area contributed by atoms with Gasteiger partial charge in [-0.05, 0) is 25.0 Å². The van der Waals surface area contributed by atoms with Crippen LogP contribution in [0.4, 0.5) is 5.69 Å². The fourth-order valence-corrected chi connectivity index (χ4v) is 3.71. The Morgan fingerprint density at radius 2 is 1.93 bits per heavy atom. The lowest BCUT2D eigenvalue weighted by Gasteiger charge is -2.35. The molecule has 1 unspecified atom stereocenters. The maximum Gasteiger partial charge on any atom is 0.294 e. The number of carbonyl (C=O) groups excluding carboxylic acids is 2. The first kappa shape index (κ1) is 19.1. The van der Waals surface area contributed by atoms with E-state index in [1.54, 1.807) is 28.1 Å². The summed E-state index contributed by atoms with van der Waals surface area (Å²) in [4.78, 5) is 43.5. The van der Waals surface area contributed by atoms with Gasteiger partial charge in [0.05, 0.1) is 11.3 Å². The van der Waals surface area contributed by atoms with Gasteiger partial charge in [0.15, 0.2) is 0 Å². The maximum absolute atomic E-state index is 12.9. The number of ether oxygens (including phenoxy) is 1. The van der Waals surface area contributed by atoms with E-state index in [0.717, 1.165) is 12.8 Å². The van der Waals surface area contributed by atoms with Gasteiger partial charge in [-0.25, -0.2) is 4.98 Å². The number of amides is 2. The summed E-state index contributed by atoms with van der Waals surface area (Å²) in [7, 11) is 0. The van der Waals surface area contributed by atoms with Crippen molar-refractivity contribution in [2.45, 2.75) is 18.9 Å². The lowest BCUT2D eigenvalue weighted by molar-refractivity contribution is -0.384. The first-order valence-electron chi connectivity index (χ1n) is 9.51. The van der Waals surface area contributed by atoms with Crippen LogP contribution in [-0.2, 0) is 9.53 Å². The van der Waals surface area contributed by atoms with Crippen LogP contribution in [0.1, 0.15) is 23.2 Å². The Morgan fingerprint density at radius 3 is 2.55 bits per heavy atom. The van der Waals surface area contributed by atoms with E-state index in [1.165, 1.54) is 23.2 Å². The van der Waals surface area contributed by atoms with Crippen LogP contribution >= 0.6 is 0 Å². The number of carbonyl (C=O) groups is 2. The molecule has 1 aromatic carbocycles. The minimum absolute atomic E-state index is 0.0186. The van der Waals surface area contributed by atoms with E-state index >= 15 is 0 Å². The summed E-state index contributed by atoms with van der Waals surface area (Å²) in [5, 5.41) is 11.5. The van der Waals surface area contributed by atoms with E-state index in [2.05, 4.69) is 4.98 Å². The third-order valence-corrected chi connectivity index (χ3v) is 5.29. The fourth-order valence-electron chi connectivity index (χ4n) is 3.71. The zero-order valence-electron chi connectivity index (χ0n) is 15.8. The summed E-state index contributed by atoms with van der Waals surface area (Å²) in [6.07, 6.45) is 5.87. The minimum Gasteiger partial charge on any atom is -0.368 e. The smallest absolute Gasteiger partial charge is 0.294 e. The van der Waals surface area contributed by atoms with E-state index in [0.29, 0.717) is 38.5 Å². The van der Waals surface area contributed by atoms with Crippen molar-refractivity contribution in [3.8, 4) is 5.69 Å². The Morgan fingerprint density at radius 1 is 1.17 bits per heavy atom. The molecule has 0 spiro atoms. The van der Waals surface area contributed by atoms with Gasteiger partial charge < -0.3 is 19.1 Å². The van der Waals surface area contributed by atoms with Crippen molar-refractivity contribution in [1.82, 2.24) is 19.4 Å². The zero-order chi connectivity index (χ0) is 20.4. The number of aromatic nitrogens is 2. The molecule has 0 aliphatic carbocycles. The highest BCUT2D eigenvalue weighted by Gasteiger charge is 2.32. The van der Waals surface area contributed by atoms with Crippen molar-refractivity contribution in [2.24, 2.45) is 0 Å². The summed E-state index contributed by atoms with van der Waals surface area (Å²) in [5.41, 5.74) is 0.427. The maximum atomic E-state index is 12.9. The van der Waals surface area contributed by atoms with Gasteiger partial charge >= 0.3 is 0 Å². The van der Waals surface area contributed by atoms with Crippen molar-refractivity contribution in [3.05, 3.63) is 52.6 Å². The molecule has 3 heterocycles. The molecule has 0 radical (unpaired) electrons. The molecule has 2 saturated heterocycles. The number of nitro benzene ring substituents is 1. The lowest BCUT2D eigenvalue weighted by atomic mass is 10.1. The number of nitrogens with zero attached hydrogens (tertiary/aromatic N) is 5. The number of piperazine rings is 1. The monoisotopic (exact) mass is 399 g/mol. The molecule has 2 amide bonds. The van der Waals surface area contributed by atoms with Crippen LogP contribution in [0.2, 0.25) is 0 Å². The van der Waals surface area contributed by atoms with Crippen molar-refractivity contribution in [1.29, 1.82) is 0 Å². The first-order chi connectivity index (χ1) is 14.0. The Kier molecular flexibility index (Phi) is 5.26. The summed E-state index contributed by atoms with van der Waals surface area (Å²) in [5.74, 6) is -0.301. The van der Waals surface area contributed by atoms with Gasteiger partial charge in [0, 0.05) is 56.8 Å². The second-order valence-electron chi connectivity index (χ2n) is 7.05. The Hall–Kier alpha value is -3.27. The van der Waals surface area contributed by atoms with Crippen molar-refractivity contribution < 1.29 is 19.2 Å². The molecule has 2 aromatic rings. The third kappa shape index (κ3) is 3.83. The molecule has 2 aliphatic rings. The number of imidazole rings is 1. The number of hydrogen-bond acceptors (Lipinski definition) is 6. The topological polar surface area (TPSA) is 111 Å². The number of hydrogen-bond donors (Lipinski definition) is 0. The summed E-state index contributed by atoms with van der Waals surface area (Å²) < 4.78 is 6.98. The highest BCUT2D eigenvalue weighted by atomic mass is 16.6. The molecule has 1 aromatic heterocycles. The van der Waals surface area contributed by atoms with Crippen LogP contribution in [0.25, 0.3) is 5.69 Å². The SMILES string of the molecule is O=C(c1ccc(-n2ccnc2)c([N+](=O)[O-])c1)N1CCN(C(=O)C2CCCO2)CC1. The number of benzene rings is 1. The highest BCUT2D eigenvalue weighted by molar-refractivity contribution is 5.95. The van der Waals surface area contributed by atoms with Gasteiger partial charge in [0.2, 0.25) is 0 Å². The van der Waals surface area contributed by atoms with Crippen molar-refractivity contribution in [2.75, 3.05) is 32.8 Å². The molecule has 10 nitrogen and oxygen atoms in total. The van der Waals surface area contributed by atoms with Gasteiger partial charge in [-0.15, -0.1) is 0 Å². The molecule has 4 rings (SSSR count). The molecular weight excluding hydrogens is 378 g/mol. The molecular formula is C19H21N5O5. The highest BCUT2D eigenvalue weighted by Crippen LogP contribution is 2.25. The van der Waals surface area contributed by atoms with E-state index in [1.807, 2.05) is 0 Å². The van der Waals surface area contributed by atoms with Gasteiger partial charge in [0.1, 0.15) is 11.8 Å². The summed E-state index contributed by atoms with van der Waals surface area (Å²) in [6, 6.07) is 4.42. The summed E-state index contributed by atoms with van der Waals surface area (Å²) in [6.45, 7) is 2.24. The normalized spacial score (nSPS) is 19.4. The predicted octanol–water partition coefficient (Wildman–Crippen LogP) is 1.24. The third-order valence-electron chi connectivity index (χ3n) is 5.29. The molecule has 0 N–H and O–H groups in total. The van der Waals surface area contributed by atoms with Crippen molar-refractivity contribution >= 4 is 17.5 Å². The van der Waals surface area contributed by atoms with Crippen LogP contribution < -0.4 is 0 Å². The molecule has 0 saturated carbocycles. The number of rotatable bonds is 4. The lowest BCUT2D eigenvalue weighted by Crippen LogP contribution is -2.52. The Labute approximate surface area is 166 Å². The molecule has 1 atom stereocenters. The first-order valence-corrected chi connectivity index (χ1v) is 9.51. The largest absolute Gasteiger partial charge is 0.368 e. The minimum atomic E-state index is -0.510. The second kappa shape index (κ2) is 8.00. The van der Waals surface area contributed by atoms with Gasteiger partial charge in [0.25, 0.3) is 17.5 Å². The fraction of sp³-hybridized carbons (Fsp3) is 0.421. The Bertz CT molecular complexity index is 915.